The molecule has 3 aromatic heterocycles. The average Bonchev–Trinajstić information content (AvgIpc) is 3.68. The van der Waals surface area contributed by atoms with E-state index in [1.807, 2.05) is 4.68 Å². The minimum Gasteiger partial charge on any atom is -0.433 e. The Balaban J connectivity index is 1.53. The van der Waals surface area contributed by atoms with Gasteiger partial charge in [0.25, 0.3) is 0 Å². The molecule has 0 unspecified atom stereocenters. The van der Waals surface area contributed by atoms with Crippen LogP contribution < -0.4 is 5.69 Å². The smallest absolute Gasteiger partial charge is 0.353 e. The summed E-state index contributed by atoms with van der Waals surface area (Å²) in [5.74, 6) is -1.35. The molecule has 0 spiro atoms. The molecule has 0 amide bonds. The number of benzene rings is 1. The van der Waals surface area contributed by atoms with Gasteiger partial charge in [-0.3, -0.25) is 4.68 Å². The van der Waals surface area contributed by atoms with Crippen molar-refractivity contribution in [2.75, 3.05) is 0 Å². The van der Waals surface area contributed by atoms with Gasteiger partial charge in [-0.1, -0.05) is 0 Å². The molecule has 2 saturated carbocycles. The Labute approximate surface area is 181 Å². The van der Waals surface area contributed by atoms with Crippen LogP contribution in [0.5, 0.6) is 0 Å². The molecule has 0 N–H and O–H groups in total. The van der Waals surface area contributed by atoms with E-state index in [1.165, 1.54) is 18.3 Å². The third-order valence-corrected chi connectivity index (χ3v) is 5.84. The Hall–Kier alpha value is -3.62. The van der Waals surface area contributed by atoms with Crippen molar-refractivity contribution in [1.82, 2.24) is 24.3 Å². The highest BCUT2D eigenvalue weighted by atomic mass is 19.1. The number of aryl methyl sites for hydroxylation is 1. The van der Waals surface area contributed by atoms with Crippen LogP contribution >= 0.6 is 0 Å². The molecular formula is C23H19F2N5O2. The van der Waals surface area contributed by atoms with Crippen LogP contribution in [0.15, 0.2) is 46.0 Å². The third kappa shape index (κ3) is 3.24. The number of halogens is 2. The second-order valence-corrected chi connectivity index (χ2v) is 8.49. The monoisotopic (exact) mass is 435 g/mol. The topological polar surface area (TPSA) is 78.7 Å². The fourth-order valence-electron chi connectivity index (χ4n) is 3.85. The van der Waals surface area contributed by atoms with Crippen molar-refractivity contribution < 1.29 is 13.2 Å². The van der Waals surface area contributed by atoms with Gasteiger partial charge in [0.15, 0.2) is 11.6 Å². The minimum atomic E-state index is -0.796. The van der Waals surface area contributed by atoms with E-state index in [2.05, 4.69) is 15.1 Å². The molecule has 9 heteroatoms. The first-order chi connectivity index (χ1) is 15.5. The zero-order valence-corrected chi connectivity index (χ0v) is 17.3. The summed E-state index contributed by atoms with van der Waals surface area (Å²) in [6, 6.07) is 4.52. The molecule has 7 nitrogen and oxygen atoms in total. The van der Waals surface area contributed by atoms with Crippen LogP contribution in [0.1, 0.15) is 48.9 Å². The number of rotatable bonds is 5. The molecular weight excluding hydrogens is 416 g/mol. The fraction of sp³-hybridized carbons (Fsp3) is 0.304. The lowest BCUT2D eigenvalue weighted by Gasteiger charge is -2.07. The summed E-state index contributed by atoms with van der Waals surface area (Å²) >= 11 is 0. The zero-order chi connectivity index (χ0) is 22.0. The predicted molar refractivity (Wildman–Crippen MR) is 111 cm³/mol. The summed E-state index contributed by atoms with van der Waals surface area (Å²) in [6.45, 7) is 1.60. The van der Waals surface area contributed by atoms with Crippen molar-refractivity contribution >= 4 is 0 Å². The van der Waals surface area contributed by atoms with Gasteiger partial charge in [0, 0.05) is 18.3 Å². The Bertz CT molecular complexity index is 1390. The summed E-state index contributed by atoms with van der Waals surface area (Å²) in [6.07, 6.45) is 9.02. The van der Waals surface area contributed by atoms with Gasteiger partial charge in [0.2, 0.25) is 5.89 Å². The molecule has 2 fully saturated rings. The second kappa shape index (κ2) is 6.94. The van der Waals surface area contributed by atoms with Gasteiger partial charge in [-0.15, -0.1) is 0 Å². The SMILES string of the molecule is Cc1cc(F)c(-c2oc(-c3cnn(C4CC4)c3)nc2-n2ccc(C3CC3)nc2=O)c(F)c1. The Morgan fingerprint density at radius 1 is 1.09 bits per heavy atom. The molecule has 6 rings (SSSR count). The number of aromatic nitrogens is 5. The van der Waals surface area contributed by atoms with E-state index < -0.39 is 17.3 Å². The lowest BCUT2D eigenvalue weighted by Crippen LogP contribution is -2.22. The lowest BCUT2D eigenvalue weighted by atomic mass is 10.1. The van der Waals surface area contributed by atoms with Crippen LogP contribution in [0.4, 0.5) is 8.78 Å². The number of nitrogens with zero attached hydrogens (tertiary/aromatic N) is 5. The maximum atomic E-state index is 14.9. The van der Waals surface area contributed by atoms with Crippen molar-refractivity contribution in [1.29, 1.82) is 0 Å². The van der Waals surface area contributed by atoms with Gasteiger partial charge in [0.05, 0.1) is 29.1 Å². The average molecular weight is 435 g/mol. The van der Waals surface area contributed by atoms with E-state index in [1.54, 1.807) is 25.4 Å². The maximum absolute atomic E-state index is 14.9. The van der Waals surface area contributed by atoms with E-state index in [9.17, 15) is 13.6 Å². The van der Waals surface area contributed by atoms with Crippen molar-refractivity contribution in [2.24, 2.45) is 0 Å². The number of hydrogen-bond acceptors (Lipinski definition) is 5. The summed E-state index contributed by atoms with van der Waals surface area (Å²) in [7, 11) is 0. The first-order valence-electron chi connectivity index (χ1n) is 10.6. The molecule has 1 aromatic carbocycles. The van der Waals surface area contributed by atoms with Gasteiger partial charge < -0.3 is 4.42 Å². The van der Waals surface area contributed by atoms with Crippen LogP contribution in [-0.4, -0.2) is 24.3 Å². The van der Waals surface area contributed by atoms with Crippen molar-refractivity contribution in [3.8, 4) is 28.6 Å². The van der Waals surface area contributed by atoms with Gasteiger partial charge in [-0.2, -0.15) is 15.1 Å². The Morgan fingerprint density at radius 2 is 1.84 bits per heavy atom. The van der Waals surface area contributed by atoms with Crippen LogP contribution in [0.2, 0.25) is 0 Å². The molecule has 0 bridgehead atoms. The molecule has 3 heterocycles. The molecule has 0 saturated heterocycles. The van der Waals surface area contributed by atoms with Crippen molar-refractivity contribution in [3.63, 3.8) is 0 Å². The summed E-state index contributed by atoms with van der Waals surface area (Å²) in [5.41, 5.74) is 0.764. The Morgan fingerprint density at radius 3 is 2.50 bits per heavy atom. The fourth-order valence-corrected chi connectivity index (χ4v) is 3.85. The zero-order valence-electron chi connectivity index (χ0n) is 17.3. The van der Waals surface area contributed by atoms with Gasteiger partial charge in [-0.05, 0) is 56.4 Å². The number of oxazole rings is 1. The summed E-state index contributed by atoms with van der Waals surface area (Å²) in [4.78, 5) is 21.4. The summed E-state index contributed by atoms with van der Waals surface area (Å²) in [5, 5.41) is 4.33. The maximum Gasteiger partial charge on any atom is 0.353 e. The van der Waals surface area contributed by atoms with E-state index in [0.29, 0.717) is 23.1 Å². The van der Waals surface area contributed by atoms with E-state index in [4.69, 9.17) is 4.42 Å². The van der Waals surface area contributed by atoms with Crippen molar-refractivity contribution in [2.45, 2.75) is 44.6 Å². The standard InChI is InChI=1S/C23H19F2N5O2/c1-12-8-16(24)19(17(25)9-12)20-21(29-7-6-18(13-2-3-13)27-23(29)31)28-22(32-20)14-10-26-30(11-14)15-4-5-15/h6-11,13,15H,2-5H2,1H3. The highest BCUT2D eigenvalue weighted by molar-refractivity contribution is 5.70. The molecule has 0 aliphatic heterocycles. The van der Waals surface area contributed by atoms with Gasteiger partial charge in [-0.25, -0.2) is 18.1 Å². The van der Waals surface area contributed by atoms with Crippen molar-refractivity contribution in [3.05, 3.63) is 70.2 Å². The molecule has 0 atom stereocenters. The van der Waals surface area contributed by atoms with Crippen LogP contribution in [0.3, 0.4) is 0 Å². The first-order valence-corrected chi connectivity index (χ1v) is 10.6. The quantitative estimate of drug-likeness (QED) is 0.460. The van der Waals surface area contributed by atoms with E-state index in [0.717, 1.165) is 35.9 Å². The second-order valence-electron chi connectivity index (χ2n) is 8.49. The normalized spacial score (nSPS) is 16.0. The van der Waals surface area contributed by atoms with E-state index in [-0.39, 0.29) is 23.0 Å². The molecule has 32 heavy (non-hydrogen) atoms. The first kappa shape index (κ1) is 19.1. The molecule has 2 aliphatic rings. The van der Waals surface area contributed by atoms with Crippen LogP contribution in [-0.2, 0) is 0 Å². The Kier molecular flexibility index (Phi) is 4.14. The summed E-state index contributed by atoms with van der Waals surface area (Å²) < 4.78 is 38.6. The van der Waals surface area contributed by atoms with Crippen LogP contribution in [0.25, 0.3) is 28.6 Å². The molecule has 0 radical (unpaired) electrons. The third-order valence-electron chi connectivity index (χ3n) is 5.84. The number of hydrogen-bond donors (Lipinski definition) is 0. The van der Waals surface area contributed by atoms with E-state index >= 15 is 0 Å². The largest absolute Gasteiger partial charge is 0.433 e. The minimum absolute atomic E-state index is 0.0133. The molecule has 4 aromatic rings. The predicted octanol–water partition coefficient (Wildman–Crippen LogP) is 4.55. The van der Waals surface area contributed by atoms with Gasteiger partial charge >= 0.3 is 5.69 Å². The highest BCUT2D eigenvalue weighted by Crippen LogP contribution is 2.39. The van der Waals surface area contributed by atoms with Gasteiger partial charge in [0.1, 0.15) is 11.6 Å². The highest BCUT2D eigenvalue weighted by Gasteiger charge is 2.29. The molecule has 162 valence electrons. The molecule has 2 aliphatic carbocycles. The van der Waals surface area contributed by atoms with Crippen LogP contribution in [0, 0.1) is 18.6 Å². The lowest BCUT2D eigenvalue weighted by molar-refractivity contribution is 0.550.